The Hall–Kier alpha value is -0.420. The van der Waals surface area contributed by atoms with Crippen LogP contribution < -0.4 is 0 Å². The van der Waals surface area contributed by atoms with Gasteiger partial charge in [0.15, 0.2) is 5.79 Å². The maximum atomic E-state index is 12.5. The maximum absolute atomic E-state index is 12.5. The van der Waals surface area contributed by atoms with Crippen LogP contribution in [0.4, 0.5) is 0 Å². The summed E-state index contributed by atoms with van der Waals surface area (Å²) in [6.45, 7) is 14.1. The molecule has 5 aliphatic rings. The molecule has 0 amide bonds. The summed E-state index contributed by atoms with van der Waals surface area (Å²) in [6.07, 6.45) is 5.80. The van der Waals surface area contributed by atoms with Gasteiger partial charge in [-0.15, -0.1) is 6.58 Å². The molecule has 1 spiro atoms. The van der Waals surface area contributed by atoms with Crippen molar-refractivity contribution in [3.63, 3.8) is 0 Å². The highest BCUT2D eigenvalue weighted by molar-refractivity contribution is 5.38. The molecule has 4 nitrogen and oxygen atoms in total. The largest absolute Gasteiger partial charge is 0.392 e. The quantitative estimate of drug-likeness (QED) is 0.703. The molecular weight excluding hydrogens is 328 g/mol. The molecule has 4 aliphatic carbocycles. The lowest BCUT2D eigenvalue weighted by molar-refractivity contribution is -0.246. The Balaban J connectivity index is 1.80. The van der Waals surface area contributed by atoms with Gasteiger partial charge in [-0.05, 0) is 37.0 Å². The summed E-state index contributed by atoms with van der Waals surface area (Å²) in [5.74, 6) is -0.0843. The molecule has 26 heavy (non-hydrogen) atoms. The van der Waals surface area contributed by atoms with Crippen LogP contribution in [0.5, 0.6) is 0 Å². The van der Waals surface area contributed by atoms with Crippen molar-refractivity contribution >= 4 is 0 Å². The first kappa shape index (κ1) is 17.7. The van der Waals surface area contributed by atoms with Gasteiger partial charge in [0.05, 0.1) is 24.9 Å². The second-order valence-electron chi connectivity index (χ2n) is 10.7. The molecule has 0 aromatic rings. The lowest BCUT2D eigenvalue weighted by Crippen LogP contribution is -2.58. The topological polar surface area (TPSA) is 58.9 Å². The van der Waals surface area contributed by atoms with Crippen molar-refractivity contribution < 1.29 is 19.7 Å². The molecule has 5 rings (SSSR count). The van der Waals surface area contributed by atoms with Gasteiger partial charge in [0.1, 0.15) is 0 Å². The van der Waals surface area contributed by atoms with Gasteiger partial charge < -0.3 is 19.7 Å². The molecule has 1 saturated heterocycles. The van der Waals surface area contributed by atoms with Crippen molar-refractivity contribution in [3.8, 4) is 0 Å². The van der Waals surface area contributed by atoms with Gasteiger partial charge in [-0.1, -0.05) is 33.8 Å². The van der Waals surface area contributed by atoms with Crippen LogP contribution in [0, 0.1) is 33.5 Å². The number of aliphatic hydroxyl groups excluding tert-OH is 1. The van der Waals surface area contributed by atoms with Gasteiger partial charge in [-0.3, -0.25) is 0 Å². The summed E-state index contributed by atoms with van der Waals surface area (Å²) in [7, 11) is 0. The van der Waals surface area contributed by atoms with E-state index in [1.54, 1.807) is 0 Å². The fourth-order valence-corrected chi connectivity index (χ4v) is 9.05. The number of hydrogen-bond acceptors (Lipinski definition) is 4. The minimum atomic E-state index is -0.953. The van der Waals surface area contributed by atoms with Gasteiger partial charge in [0, 0.05) is 28.6 Å². The summed E-state index contributed by atoms with van der Waals surface area (Å²) in [4.78, 5) is 0. The van der Waals surface area contributed by atoms with E-state index in [2.05, 4.69) is 34.3 Å². The van der Waals surface area contributed by atoms with Crippen LogP contribution in [-0.4, -0.2) is 40.9 Å². The molecule has 1 heterocycles. The Morgan fingerprint density at radius 1 is 1.08 bits per heavy atom. The van der Waals surface area contributed by atoms with Crippen LogP contribution in [0.15, 0.2) is 12.7 Å². The summed E-state index contributed by atoms with van der Waals surface area (Å²) in [5, 5.41) is 24.1. The second kappa shape index (κ2) is 4.59. The number of ether oxygens (including phenoxy) is 2. The first-order chi connectivity index (χ1) is 12.1. The third-order valence-corrected chi connectivity index (χ3v) is 10.4. The normalized spacial score (nSPS) is 62.5. The highest BCUT2D eigenvalue weighted by Gasteiger charge is 2.90. The van der Waals surface area contributed by atoms with Crippen LogP contribution in [0.1, 0.15) is 59.8 Å². The lowest BCUT2D eigenvalue weighted by atomic mass is 9.52. The molecule has 4 heteroatoms. The summed E-state index contributed by atoms with van der Waals surface area (Å²) < 4.78 is 12.6. The average Bonchev–Trinajstić information content (AvgIpc) is 3.28. The second-order valence-corrected chi connectivity index (χ2v) is 10.7. The number of aliphatic hydroxyl groups is 2. The van der Waals surface area contributed by atoms with Crippen molar-refractivity contribution in [3.05, 3.63) is 12.7 Å². The number of fused-ring (bicyclic) bond motifs is 2. The van der Waals surface area contributed by atoms with Gasteiger partial charge in [0.25, 0.3) is 0 Å². The van der Waals surface area contributed by atoms with Gasteiger partial charge in [0.2, 0.25) is 0 Å². The van der Waals surface area contributed by atoms with Crippen LogP contribution >= 0.6 is 0 Å². The monoisotopic (exact) mass is 362 g/mol. The van der Waals surface area contributed by atoms with Gasteiger partial charge in [-0.2, -0.15) is 0 Å². The Labute approximate surface area is 156 Å². The van der Waals surface area contributed by atoms with Crippen molar-refractivity contribution in [2.24, 2.45) is 33.5 Å². The smallest absolute Gasteiger partial charge is 0.172 e. The van der Waals surface area contributed by atoms with Gasteiger partial charge in [-0.25, -0.2) is 0 Å². The van der Waals surface area contributed by atoms with Gasteiger partial charge >= 0.3 is 0 Å². The minimum Gasteiger partial charge on any atom is -0.392 e. The highest BCUT2D eigenvalue weighted by atomic mass is 16.7. The van der Waals surface area contributed by atoms with Crippen molar-refractivity contribution in [1.29, 1.82) is 0 Å². The molecule has 0 radical (unpaired) electrons. The van der Waals surface area contributed by atoms with E-state index in [9.17, 15) is 10.2 Å². The Morgan fingerprint density at radius 2 is 1.73 bits per heavy atom. The van der Waals surface area contributed by atoms with Crippen LogP contribution in [0.3, 0.4) is 0 Å². The van der Waals surface area contributed by atoms with E-state index in [4.69, 9.17) is 9.47 Å². The molecule has 146 valence electrons. The molecule has 2 N–H and O–H groups in total. The van der Waals surface area contributed by atoms with E-state index < -0.39 is 28.3 Å². The first-order valence-electron chi connectivity index (χ1n) is 10.4. The Bertz CT molecular complexity index is 669. The zero-order valence-corrected chi connectivity index (χ0v) is 16.7. The molecule has 4 saturated carbocycles. The summed E-state index contributed by atoms with van der Waals surface area (Å²) in [6, 6.07) is 0. The lowest BCUT2D eigenvalue weighted by Gasteiger charge is -2.54. The summed E-state index contributed by atoms with van der Waals surface area (Å²) >= 11 is 0. The van der Waals surface area contributed by atoms with E-state index in [0.717, 1.165) is 25.7 Å². The molecule has 5 fully saturated rings. The first-order valence-corrected chi connectivity index (χ1v) is 10.4. The predicted octanol–water partition coefficient (Wildman–Crippen LogP) is 3.27. The fraction of sp³-hybridized carbons (Fsp3) is 0.909. The van der Waals surface area contributed by atoms with E-state index >= 15 is 0 Å². The molecule has 0 aromatic heterocycles. The zero-order valence-electron chi connectivity index (χ0n) is 16.7. The Morgan fingerprint density at radius 3 is 2.35 bits per heavy atom. The average molecular weight is 363 g/mol. The third kappa shape index (κ3) is 1.37. The van der Waals surface area contributed by atoms with Crippen molar-refractivity contribution in [2.75, 3.05) is 13.2 Å². The van der Waals surface area contributed by atoms with E-state index in [1.807, 2.05) is 6.08 Å². The standard InChI is InChI=1S/C22H34O4/c1-6-17(3)13-22(24)18(4)14(2)7-8-20(19(22,5)16(17)23)9-10-21(15(18)20)25-11-12-26-21/h6,14-16,23-24H,1,7-13H2,2-5H3/t14-,15?,16-,17+,18-,19?,20-,22?/m1/s1. The number of hydrogen-bond donors (Lipinski definition) is 2. The summed E-state index contributed by atoms with van der Waals surface area (Å²) in [5.41, 5.74) is -2.49. The highest BCUT2D eigenvalue weighted by Crippen LogP contribution is 2.87. The molecule has 3 unspecified atom stereocenters. The van der Waals surface area contributed by atoms with Crippen molar-refractivity contribution in [2.45, 2.75) is 77.3 Å². The van der Waals surface area contributed by atoms with Crippen LogP contribution in [0.25, 0.3) is 0 Å². The van der Waals surface area contributed by atoms with E-state index in [1.165, 1.54) is 0 Å². The Kier molecular flexibility index (Phi) is 3.12. The van der Waals surface area contributed by atoms with E-state index in [-0.39, 0.29) is 16.7 Å². The van der Waals surface area contributed by atoms with Crippen LogP contribution in [0.2, 0.25) is 0 Å². The molecule has 0 aromatic carbocycles. The SMILES string of the molecule is C=C[C@@]1(C)CC2(O)C(C)([C@@H]1O)[C@@]13CC[C@@H](C)[C@]2(C)C1C1(CC3)OCCO1. The van der Waals surface area contributed by atoms with Crippen LogP contribution in [-0.2, 0) is 9.47 Å². The number of rotatable bonds is 1. The predicted molar refractivity (Wildman–Crippen MR) is 98.3 cm³/mol. The molecule has 1 aliphatic heterocycles. The molecular formula is C22H34O4. The molecule has 8 atom stereocenters. The zero-order chi connectivity index (χ0) is 18.8. The maximum Gasteiger partial charge on any atom is 0.172 e. The van der Waals surface area contributed by atoms with E-state index in [0.29, 0.717) is 25.6 Å². The van der Waals surface area contributed by atoms with Crippen molar-refractivity contribution in [1.82, 2.24) is 0 Å². The molecule has 2 bridgehead atoms. The minimum absolute atomic E-state index is 0.132. The third-order valence-electron chi connectivity index (χ3n) is 10.4. The fourth-order valence-electron chi connectivity index (χ4n) is 9.05.